The van der Waals surface area contributed by atoms with Crippen molar-refractivity contribution in [2.24, 2.45) is 5.92 Å². The molecule has 2 bridgehead atoms. The van der Waals surface area contributed by atoms with Crippen LogP contribution in [-0.4, -0.2) is 72.8 Å². The Labute approximate surface area is 154 Å². The molecule has 1 aliphatic carbocycles. The lowest BCUT2D eigenvalue weighted by Crippen LogP contribution is -2.48. The minimum Gasteiger partial charge on any atom is -0.350 e. The van der Waals surface area contributed by atoms with Crippen LogP contribution in [0.4, 0.5) is 0 Å². The van der Waals surface area contributed by atoms with Gasteiger partial charge in [-0.1, -0.05) is 5.16 Å². The van der Waals surface area contributed by atoms with Crippen LogP contribution in [0.15, 0.2) is 4.52 Å². The minimum absolute atomic E-state index is 0.111. The summed E-state index contributed by atoms with van der Waals surface area (Å²) in [5, 5.41) is 4.10. The molecule has 5 rings (SSSR count). The van der Waals surface area contributed by atoms with Crippen LogP contribution in [-0.2, 0) is 23.1 Å². The number of nitrogens with zero attached hydrogens (tertiary/aromatic N) is 4. The maximum atomic E-state index is 13.2. The van der Waals surface area contributed by atoms with Gasteiger partial charge in [-0.2, -0.15) is 17.0 Å². The molecule has 3 fully saturated rings. The van der Waals surface area contributed by atoms with Crippen LogP contribution in [0.25, 0.3) is 0 Å². The van der Waals surface area contributed by atoms with Crippen molar-refractivity contribution in [1.29, 1.82) is 0 Å². The molecule has 144 valence electrons. The van der Waals surface area contributed by atoms with Crippen LogP contribution in [0.3, 0.4) is 0 Å². The Morgan fingerprint density at radius 2 is 1.92 bits per heavy atom. The van der Waals surface area contributed by atoms with Crippen LogP contribution in [0.1, 0.15) is 47.5 Å². The van der Waals surface area contributed by atoms with Gasteiger partial charge in [0.1, 0.15) is 0 Å². The Balaban J connectivity index is 1.59. The van der Waals surface area contributed by atoms with Crippen LogP contribution in [0, 0.1) is 5.92 Å². The molecule has 0 radical (unpaired) electrons. The Bertz CT molecular complexity index is 804. The third-order valence-electron chi connectivity index (χ3n) is 5.88. The van der Waals surface area contributed by atoms with Gasteiger partial charge in [-0.25, -0.2) is 0 Å². The fourth-order valence-electron chi connectivity index (χ4n) is 4.40. The summed E-state index contributed by atoms with van der Waals surface area (Å²) >= 11 is 0. The van der Waals surface area contributed by atoms with Gasteiger partial charge < -0.3 is 9.42 Å². The number of aryl methyl sites for hydroxylation is 1. The van der Waals surface area contributed by atoms with E-state index in [1.54, 1.807) is 14.1 Å². The van der Waals surface area contributed by atoms with Crippen molar-refractivity contribution in [2.45, 2.75) is 44.6 Å². The molecule has 4 heterocycles. The molecule has 4 aliphatic rings. The summed E-state index contributed by atoms with van der Waals surface area (Å²) in [6.45, 7) is 1.40. The Hall–Kier alpha value is -1.45. The van der Waals surface area contributed by atoms with E-state index in [4.69, 9.17) is 4.52 Å². The molecule has 0 aromatic carbocycles. The molecule has 9 heteroatoms. The van der Waals surface area contributed by atoms with Crippen molar-refractivity contribution >= 4 is 16.1 Å². The van der Waals surface area contributed by atoms with Gasteiger partial charge in [0.15, 0.2) is 0 Å². The number of rotatable bonds is 3. The second kappa shape index (κ2) is 6.61. The fraction of sp³-hybridized carbons (Fsp3) is 0.765. The highest BCUT2D eigenvalue weighted by Crippen LogP contribution is 2.32. The third kappa shape index (κ3) is 2.95. The zero-order chi connectivity index (χ0) is 18.5. The smallest absolute Gasteiger partial charge is 0.293 e. The molecule has 1 aromatic heterocycles. The average molecular weight is 382 g/mol. The minimum atomic E-state index is -3.47. The molecule has 0 saturated carbocycles. The lowest BCUT2D eigenvalue weighted by molar-refractivity contribution is 0.0545. The fourth-order valence-corrected chi connectivity index (χ4v) is 5.62. The predicted octanol–water partition coefficient (Wildman–Crippen LogP) is 0.896. The Morgan fingerprint density at radius 3 is 2.69 bits per heavy atom. The quantitative estimate of drug-likeness (QED) is 0.775. The average Bonchev–Trinajstić information content (AvgIpc) is 2.82. The van der Waals surface area contributed by atoms with Gasteiger partial charge >= 0.3 is 0 Å². The monoisotopic (exact) mass is 382 g/mol. The topological polar surface area (TPSA) is 87.0 Å². The molecule has 1 amide bonds. The molecule has 2 atom stereocenters. The summed E-state index contributed by atoms with van der Waals surface area (Å²) in [7, 11) is -0.379. The lowest BCUT2D eigenvalue weighted by Gasteiger charge is -2.35. The molecule has 1 aromatic rings. The molecule has 3 saturated heterocycles. The third-order valence-corrected chi connectivity index (χ3v) is 7.76. The van der Waals surface area contributed by atoms with E-state index < -0.39 is 10.2 Å². The number of carbonyl (C=O) groups is 1. The first-order valence-electron chi connectivity index (χ1n) is 9.34. The standard InChI is InChI=1S/C17H26N4O4S/c1-19(2)26(23,24)20-9-12-7-8-13(11-20)21(10-12)17(22)16-14-5-3-4-6-15(14)18-25-16/h12-13H,3-11H2,1-2H3/t12-,13+/m0/s1. The first-order chi connectivity index (χ1) is 12.4. The van der Waals surface area contributed by atoms with Gasteiger partial charge in [0.2, 0.25) is 5.76 Å². The van der Waals surface area contributed by atoms with Crippen molar-refractivity contribution in [3.63, 3.8) is 0 Å². The van der Waals surface area contributed by atoms with Gasteiger partial charge in [-0.15, -0.1) is 0 Å². The number of carbonyl (C=O) groups excluding carboxylic acids is 1. The zero-order valence-corrected chi connectivity index (χ0v) is 16.2. The van der Waals surface area contributed by atoms with Crippen LogP contribution < -0.4 is 0 Å². The van der Waals surface area contributed by atoms with E-state index in [0.29, 0.717) is 25.4 Å². The predicted molar refractivity (Wildman–Crippen MR) is 94.9 cm³/mol. The summed E-state index contributed by atoms with van der Waals surface area (Å²) in [5.74, 6) is 0.403. The van der Waals surface area contributed by atoms with E-state index in [2.05, 4.69) is 5.16 Å². The summed E-state index contributed by atoms with van der Waals surface area (Å²) in [5.41, 5.74) is 1.87. The molecule has 8 nitrogen and oxygen atoms in total. The molecule has 26 heavy (non-hydrogen) atoms. The van der Waals surface area contributed by atoms with E-state index in [1.807, 2.05) is 4.90 Å². The van der Waals surface area contributed by atoms with E-state index in [0.717, 1.165) is 49.8 Å². The summed E-state index contributed by atoms with van der Waals surface area (Å²) in [4.78, 5) is 15.0. The van der Waals surface area contributed by atoms with Crippen molar-refractivity contribution in [3.05, 3.63) is 17.0 Å². The normalized spacial score (nSPS) is 26.8. The largest absolute Gasteiger partial charge is 0.350 e. The van der Waals surface area contributed by atoms with Gasteiger partial charge in [-0.3, -0.25) is 4.79 Å². The summed E-state index contributed by atoms with van der Waals surface area (Å²) in [6, 6.07) is -0.111. The lowest BCUT2D eigenvalue weighted by atomic mass is 9.93. The van der Waals surface area contributed by atoms with Crippen molar-refractivity contribution < 1.29 is 17.7 Å². The second-order valence-electron chi connectivity index (χ2n) is 7.81. The number of amides is 1. The van der Waals surface area contributed by atoms with Gasteiger partial charge in [-0.05, 0) is 44.4 Å². The van der Waals surface area contributed by atoms with E-state index in [1.165, 1.54) is 8.61 Å². The van der Waals surface area contributed by atoms with Crippen molar-refractivity contribution in [2.75, 3.05) is 33.7 Å². The molecule has 0 N–H and O–H groups in total. The molecule has 0 unspecified atom stereocenters. The van der Waals surface area contributed by atoms with Crippen molar-refractivity contribution in [1.82, 2.24) is 18.7 Å². The van der Waals surface area contributed by atoms with Crippen LogP contribution >= 0.6 is 0 Å². The Kier molecular flexibility index (Phi) is 4.56. The highest BCUT2D eigenvalue weighted by Gasteiger charge is 2.43. The Morgan fingerprint density at radius 1 is 1.15 bits per heavy atom. The van der Waals surface area contributed by atoms with Crippen LogP contribution in [0.5, 0.6) is 0 Å². The van der Waals surface area contributed by atoms with E-state index >= 15 is 0 Å². The number of aromatic nitrogens is 1. The van der Waals surface area contributed by atoms with Gasteiger partial charge in [0.25, 0.3) is 16.1 Å². The number of hydrogen-bond acceptors (Lipinski definition) is 5. The SMILES string of the molecule is CN(C)S(=O)(=O)N1C[C@@H]2CC[C@H](C1)N(C(=O)c1onc3c1CCCC3)C2. The van der Waals surface area contributed by atoms with Gasteiger partial charge in [0.05, 0.1) is 5.69 Å². The first-order valence-corrected chi connectivity index (χ1v) is 10.7. The van der Waals surface area contributed by atoms with Crippen molar-refractivity contribution in [3.8, 4) is 0 Å². The number of hydrogen-bond donors (Lipinski definition) is 0. The zero-order valence-electron chi connectivity index (χ0n) is 15.3. The highest BCUT2D eigenvalue weighted by molar-refractivity contribution is 7.86. The van der Waals surface area contributed by atoms with Crippen LogP contribution in [0.2, 0.25) is 0 Å². The molecule has 3 aliphatic heterocycles. The number of fused-ring (bicyclic) bond motifs is 5. The molecular weight excluding hydrogens is 356 g/mol. The van der Waals surface area contributed by atoms with E-state index in [9.17, 15) is 13.2 Å². The summed E-state index contributed by atoms with van der Waals surface area (Å²) < 4.78 is 33.4. The maximum absolute atomic E-state index is 13.2. The maximum Gasteiger partial charge on any atom is 0.293 e. The second-order valence-corrected chi connectivity index (χ2v) is 9.95. The molecule has 0 spiro atoms. The summed E-state index contributed by atoms with van der Waals surface area (Å²) in [6.07, 6.45) is 5.61. The first kappa shape index (κ1) is 17.9. The van der Waals surface area contributed by atoms with Gasteiger partial charge in [0, 0.05) is 45.3 Å². The number of piperidine rings is 1. The molecular formula is C17H26N4O4S. The van der Waals surface area contributed by atoms with E-state index in [-0.39, 0.29) is 17.9 Å². The highest BCUT2D eigenvalue weighted by atomic mass is 32.2.